The van der Waals surface area contributed by atoms with Gasteiger partial charge in [0.1, 0.15) is 0 Å². The first-order valence-electron chi connectivity index (χ1n) is 9.42. The van der Waals surface area contributed by atoms with E-state index in [1.165, 1.54) is 4.31 Å². The summed E-state index contributed by atoms with van der Waals surface area (Å²) in [5, 5.41) is 0. The smallest absolute Gasteiger partial charge is 0.266 e. The van der Waals surface area contributed by atoms with Crippen molar-refractivity contribution in [1.82, 2.24) is 0 Å². The van der Waals surface area contributed by atoms with Crippen LogP contribution >= 0.6 is 15.9 Å². The van der Waals surface area contributed by atoms with Crippen LogP contribution in [0.15, 0.2) is 89.8 Å². The molecule has 0 radical (unpaired) electrons. The number of nitrogens with zero attached hydrogens (tertiary/aromatic N) is 1. The Morgan fingerprint density at radius 1 is 0.897 bits per heavy atom. The molecule has 0 aliphatic heterocycles. The largest absolute Gasteiger partial charge is 0.356 e. The van der Waals surface area contributed by atoms with Crippen molar-refractivity contribution in [2.75, 3.05) is 10.9 Å². The summed E-state index contributed by atoms with van der Waals surface area (Å²) in [5.41, 5.74) is 2.48. The molecule has 0 saturated heterocycles. The maximum absolute atomic E-state index is 13.7. The second-order valence-electron chi connectivity index (χ2n) is 6.61. The van der Waals surface area contributed by atoms with Crippen molar-refractivity contribution in [3.8, 4) is 0 Å². The molecule has 2 atom stereocenters. The summed E-state index contributed by atoms with van der Waals surface area (Å²) in [4.78, 5) is -0.131. The van der Waals surface area contributed by atoms with Crippen LogP contribution < -0.4 is 4.31 Å². The van der Waals surface area contributed by atoms with Gasteiger partial charge in [-0.25, -0.2) is 12.7 Å². The van der Waals surface area contributed by atoms with Gasteiger partial charge in [-0.2, -0.15) is 0 Å². The first-order chi connectivity index (χ1) is 13.9. The molecule has 0 aliphatic rings. The van der Waals surface area contributed by atoms with E-state index in [0.717, 1.165) is 11.1 Å². The molecule has 0 N–H and O–H groups in total. The predicted octanol–water partition coefficient (Wildman–Crippen LogP) is 5.69. The van der Waals surface area contributed by atoms with E-state index in [9.17, 15) is 8.42 Å². The van der Waals surface area contributed by atoms with Crippen LogP contribution in [0.4, 0.5) is 5.69 Å². The fraction of sp³-hybridized carbons (Fsp3) is 0.217. The normalized spacial score (nSPS) is 13.6. The quantitative estimate of drug-likeness (QED) is 0.311. The summed E-state index contributed by atoms with van der Waals surface area (Å²) in [7, 11) is -3.87. The first-order valence-corrected chi connectivity index (χ1v) is 11.8. The van der Waals surface area contributed by atoms with Crippen LogP contribution in [0.1, 0.15) is 22.9 Å². The highest BCUT2D eigenvalue weighted by Crippen LogP contribution is 2.36. The topological polar surface area (TPSA) is 46.6 Å². The van der Waals surface area contributed by atoms with Crippen molar-refractivity contribution in [2.24, 2.45) is 0 Å². The molecule has 0 saturated carbocycles. The lowest BCUT2D eigenvalue weighted by molar-refractivity contribution is 0.0708. The molecule has 0 spiro atoms. The maximum Gasteiger partial charge on any atom is 0.266 e. The minimum Gasteiger partial charge on any atom is -0.356 e. The van der Waals surface area contributed by atoms with Gasteiger partial charge in [0.2, 0.25) is 0 Å². The predicted molar refractivity (Wildman–Crippen MR) is 121 cm³/mol. The van der Waals surface area contributed by atoms with Gasteiger partial charge in [-0.05, 0) is 43.7 Å². The van der Waals surface area contributed by atoms with Crippen LogP contribution in [-0.2, 0) is 14.8 Å². The molecule has 0 heterocycles. The van der Waals surface area contributed by atoms with Crippen molar-refractivity contribution >= 4 is 31.6 Å². The van der Waals surface area contributed by atoms with E-state index in [1.807, 2.05) is 62.4 Å². The van der Waals surface area contributed by atoms with E-state index in [2.05, 4.69) is 15.9 Å². The van der Waals surface area contributed by atoms with Crippen LogP contribution in [0, 0.1) is 6.92 Å². The lowest BCUT2D eigenvalue weighted by atomic mass is 10.1. The zero-order valence-corrected chi connectivity index (χ0v) is 18.8. The van der Waals surface area contributed by atoms with Crippen LogP contribution in [-0.4, -0.2) is 21.3 Å². The molecule has 152 valence electrons. The Kier molecular flexibility index (Phi) is 7.11. The Balaban J connectivity index is 2.14. The molecule has 3 aromatic carbocycles. The third kappa shape index (κ3) is 4.89. The Morgan fingerprint density at radius 2 is 1.45 bits per heavy atom. The van der Waals surface area contributed by atoms with E-state index in [1.54, 1.807) is 36.4 Å². The second kappa shape index (κ2) is 9.57. The monoisotopic (exact) mass is 473 g/mol. The molecule has 29 heavy (non-hydrogen) atoms. The number of sulfonamides is 1. The molecular weight excluding hydrogens is 450 g/mol. The lowest BCUT2D eigenvalue weighted by Gasteiger charge is -2.35. The van der Waals surface area contributed by atoms with Crippen LogP contribution in [0.5, 0.6) is 0 Å². The number of benzene rings is 3. The number of para-hydroxylation sites is 1. The fourth-order valence-electron chi connectivity index (χ4n) is 3.06. The Morgan fingerprint density at radius 3 is 2.00 bits per heavy atom. The number of hydrogen-bond acceptors (Lipinski definition) is 3. The Hall–Kier alpha value is -2.15. The summed E-state index contributed by atoms with van der Waals surface area (Å²) in [6.07, 6.45) is -0.767. The van der Waals surface area contributed by atoms with Crippen molar-refractivity contribution in [3.63, 3.8) is 0 Å². The van der Waals surface area contributed by atoms with Crippen molar-refractivity contribution in [3.05, 3.63) is 96.1 Å². The molecule has 3 aromatic rings. The van der Waals surface area contributed by atoms with E-state index in [0.29, 0.717) is 12.3 Å². The van der Waals surface area contributed by atoms with Crippen LogP contribution in [0.25, 0.3) is 0 Å². The number of anilines is 1. The molecule has 0 aromatic heterocycles. The zero-order chi connectivity index (χ0) is 20.9. The van der Waals surface area contributed by atoms with Crippen LogP contribution in [0.3, 0.4) is 0 Å². The number of hydrogen-bond donors (Lipinski definition) is 0. The van der Waals surface area contributed by atoms with Gasteiger partial charge in [0.25, 0.3) is 10.0 Å². The number of ether oxygens (including phenoxy) is 1. The average molecular weight is 474 g/mol. The average Bonchev–Trinajstić information content (AvgIpc) is 2.74. The zero-order valence-electron chi connectivity index (χ0n) is 16.4. The molecule has 0 aliphatic carbocycles. The van der Waals surface area contributed by atoms with Gasteiger partial charge in [0.05, 0.1) is 15.4 Å². The lowest BCUT2D eigenvalue weighted by Crippen LogP contribution is -2.44. The third-order valence-corrected chi connectivity index (χ3v) is 7.31. The molecule has 0 unspecified atom stereocenters. The minimum absolute atomic E-state index is 0.226. The Labute approximate surface area is 181 Å². The summed E-state index contributed by atoms with van der Waals surface area (Å²) >= 11 is 3.70. The minimum atomic E-state index is -3.87. The molecule has 3 rings (SSSR count). The fourth-order valence-corrected chi connectivity index (χ4v) is 5.48. The van der Waals surface area contributed by atoms with E-state index in [4.69, 9.17) is 4.74 Å². The van der Waals surface area contributed by atoms with Gasteiger partial charge in [-0.15, -0.1) is 0 Å². The SMILES string of the molecule is CCO[C@H]([C@H](Br)c1ccccc1)N(c1ccccc1)S(=O)(=O)c1ccc(C)cc1. The summed E-state index contributed by atoms with van der Waals surface area (Å²) < 4.78 is 34.8. The van der Waals surface area contributed by atoms with Gasteiger partial charge < -0.3 is 4.74 Å². The summed E-state index contributed by atoms with van der Waals surface area (Å²) in [5.74, 6) is 0. The molecule has 0 amide bonds. The maximum atomic E-state index is 13.7. The molecule has 4 nitrogen and oxygen atoms in total. The number of halogens is 1. The second-order valence-corrected chi connectivity index (χ2v) is 9.41. The van der Waals surface area contributed by atoms with E-state index in [-0.39, 0.29) is 9.72 Å². The van der Waals surface area contributed by atoms with Gasteiger partial charge in [0.15, 0.2) is 6.23 Å². The van der Waals surface area contributed by atoms with Crippen molar-refractivity contribution in [1.29, 1.82) is 0 Å². The van der Waals surface area contributed by atoms with Crippen LogP contribution in [0.2, 0.25) is 0 Å². The Bertz CT molecular complexity index is 1010. The van der Waals surface area contributed by atoms with Gasteiger partial charge in [-0.1, -0.05) is 82.2 Å². The van der Waals surface area contributed by atoms with E-state index < -0.39 is 16.3 Å². The first kappa shape index (κ1) is 21.6. The number of rotatable bonds is 8. The van der Waals surface area contributed by atoms with Crippen molar-refractivity contribution in [2.45, 2.75) is 29.8 Å². The van der Waals surface area contributed by atoms with Gasteiger partial charge >= 0.3 is 0 Å². The third-order valence-electron chi connectivity index (χ3n) is 4.53. The molecule has 0 bridgehead atoms. The van der Waals surface area contributed by atoms with Gasteiger partial charge in [-0.3, -0.25) is 0 Å². The number of aryl methyl sites for hydroxylation is 1. The number of alkyl halides is 1. The van der Waals surface area contributed by atoms with Gasteiger partial charge in [0, 0.05) is 6.61 Å². The summed E-state index contributed by atoms with van der Waals surface area (Å²) in [6, 6.07) is 25.6. The van der Waals surface area contributed by atoms with E-state index >= 15 is 0 Å². The van der Waals surface area contributed by atoms with Crippen molar-refractivity contribution < 1.29 is 13.2 Å². The highest BCUT2D eigenvalue weighted by Gasteiger charge is 2.37. The summed E-state index contributed by atoms with van der Waals surface area (Å²) in [6.45, 7) is 4.16. The standard InChI is InChI=1S/C23H24BrNO3S/c1-3-28-23(22(24)19-10-6-4-7-11-19)25(20-12-8-5-9-13-20)29(26,27)21-16-14-18(2)15-17-21/h4-17,22-23H,3H2,1-2H3/t22-,23-/m1/s1. The molecule has 6 heteroatoms. The molecule has 0 fully saturated rings. The highest BCUT2D eigenvalue weighted by molar-refractivity contribution is 9.09. The molecular formula is C23H24BrNO3S. The highest BCUT2D eigenvalue weighted by atomic mass is 79.9.